The molecule has 146 valence electrons. The maximum Gasteiger partial charge on any atom is 0.165 e. The number of aliphatic imine (C=N–C) groups is 1. The van der Waals surface area contributed by atoms with Crippen molar-refractivity contribution in [2.45, 2.75) is 11.8 Å². The second-order valence-corrected chi connectivity index (χ2v) is 7.24. The number of hydrogen-bond donors (Lipinski definition) is 1. The summed E-state index contributed by atoms with van der Waals surface area (Å²) in [5.41, 5.74) is 3.38. The topological polar surface area (TPSA) is 59.1 Å². The molecule has 0 spiro atoms. The second kappa shape index (κ2) is 8.41. The number of phenolic OH excluding ortho intramolecular Hbond substituents is 1. The van der Waals surface area contributed by atoms with Crippen LogP contribution in [0.5, 0.6) is 11.5 Å². The number of benzene rings is 2. The van der Waals surface area contributed by atoms with Gasteiger partial charge in [-0.2, -0.15) is 0 Å². The summed E-state index contributed by atoms with van der Waals surface area (Å²) in [7, 11) is 0. The molecule has 0 aliphatic heterocycles. The smallest absolute Gasteiger partial charge is 0.165 e. The third-order valence-corrected chi connectivity index (χ3v) is 5.23. The highest BCUT2D eigenvalue weighted by Gasteiger charge is 2.15. The number of thioether (sulfide) groups is 1. The third kappa shape index (κ3) is 3.98. The van der Waals surface area contributed by atoms with E-state index in [1.807, 2.05) is 60.1 Å². The molecule has 1 N–H and O–H groups in total. The van der Waals surface area contributed by atoms with Crippen molar-refractivity contribution in [3.63, 3.8) is 0 Å². The molecule has 0 unspecified atom stereocenters. The van der Waals surface area contributed by atoms with Gasteiger partial charge in [-0.15, -0.1) is 11.8 Å². The lowest BCUT2D eigenvalue weighted by Crippen LogP contribution is -1.92. The number of imidazole rings is 1. The van der Waals surface area contributed by atoms with Crippen molar-refractivity contribution < 1.29 is 9.84 Å². The number of hydrogen-bond acceptors (Lipinski definition) is 5. The Balaban J connectivity index is 1.80. The highest BCUT2D eigenvalue weighted by molar-refractivity contribution is 7.98. The van der Waals surface area contributed by atoms with Gasteiger partial charge in [0.2, 0.25) is 0 Å². The highest BCUT2D eigenvalue weighted by Crippen LogP contribution is 2.36. The van der Waals surface area contributed by atoms with E-state index in [1.165, 1.54) is 4.90 Å². The Morgan fingerprint density at radius 3 is 2.72 bits per heavy atom. The summed E-state index contributed by atoms with van der Waals surface area (Å²) in [6.45, 7) is 2.36. The zero-order valence-electron chi connectivity index (χ0n) is 16.2. The lowest BCUT2D eigenvalue weighted by molar-refractivity contribution is 0.318. The zero-order valence-corrected chi connectivity index (χ0v) is 17.1. The number of aromatic nitrogens is 2. The minimum Gasteiger partial charge on any atom is -0.504 e. The van der Waals surface area contributed by atoms with Gasteiger partial charge in [0.1, 0.15) is 11.3 Å². The number of aromatic hydroxyl groups is 1. The first-order valence-electron chi connectivity index (χ1n) is 9.31. The van der Waals surface area contributed by atoms with Crippen molar-refractivity contribution in [2.24, 2.45) is 4.99 Å². The molecular formula is C23H21N3O2S. The molecule has 0 aliphatic rings. The Morgan fingerprint density at radius 1 is 1.14 bits per heavy atom. The van der Waals surface area contributed by atoms with Crippen LogP contribution in [0.2, 0.25) is 0 Å². The van der Waals surface area contributed by atoms with E-state index in [1.54, 1.807) is 23.9 Å². The van der Waals surface area contributed by atoms with Crippen molar-refractivity contribution in [2.75, 3.05) is 12.9 Å². The van der Waals surface area contributed by atoms with Crippen LogP contribution in [-0.2, 0) is 0 Å². The van der Waals surface area contributed by atoms with E-state index >= 15 is 0 Å². The fourth-order valence-electron chi connectivity index (χ4n) is 3.06. The van der Waals surface area contributed by atoms with Crippen LogP contribution >= 0.6 is 11.8 Å². The van der Waals surface area contributed by atoms with Gasteiger partial charge in [-0.1, -0.05) is 18.2 Å². The van der Waals surface area contributed by atoms with Crippen molar-refractivity contribution in [3.05, 3.63) is 72.4 Å². The molecule has 4 aromatic rings. The molecule has 0 fully saturated rings. The highest BCUT2D eigenvalue weighted by atomic mass is 32.2. The fraction of sp³-hybridized carbons (Fsp3) is 0.130. The van der Waals surface area contributed by atoms with Crippen LogP contribution in [0.4, 0.5) is 5.82 Å². The summed E-state index contributed by atoms with van der Waals surface area (Å²) in [6, 6.07) is 19.3. The zero-order chi connectivity index (χ0) is 20.2. The molecule has 6 heteroatoms. The molecule has 2 heterocycles. The molecule has 2 aromatic heterocycles. The van der Waals surface area contributed by atoms with Crippen LogP contribution in [0.1, 0.15) is 12.5 Å². The summed E-state index contributed by atoms with van der Waals surface area (Å²) in [6.07, 6.45) is 5.84. The maximum atomic E-state index is 10.0. The maximum absolute atomic E-state index is 10.0. The van der Waals surface area contributed by atoms with E-state index in [2.05, 4.69) is 18.4 Å². The van der Waals surface area contributed by atoms with Gasteiger partial charge in [0, 0.05) is 22.9 Å². The number of phenols is 1. The van der Waals surface area contributed by atoms with Gasteiger partial charge in [0.25, 0.3) is 0 Å². The molecule has 0 radical (unpaired) electrons. The lowest BCUT2D eigenvalue weighted by Gasteiger charge is -2.07. The van der Waals surface area contributed by atoms with E-state index in [-0.39, 0.29) is 5.75 Å². The standard InChI is InChI=1S/C23H21N3O2S/c1-3-28-20-14-17(9-12-19(20)27)22-23(26-13-5-4-6-21(26)25-22)24-15-16-7-10-18(29-2)11-8-16/h4-15,27H,3H2,1-2H3/b24-15+. The summed E-state index contributed by atoms with van der Waals surface area (Å²) in [4.78, 5) is 10.7. The van der Waals surface area contributed by atoms with Crippen LogP contribution in [0.3, 0.4) is 0 Å². The Morgan fingerprint density at radius 2 is 1.97 bits per heavy atom. The molecule has 4 rings (SSSR count). The first-order chi connectivity index (χ1) is 14.2. The Kier molecular flexibility index (Phi) is 5.53. The number of pyridine rings is 1. The molecule has 0 amide bonds. The van der Waals surface area contributed by atoms with Gasteiger partial charge >= 0.3 is 0 Å². The number of ether oxygens (including phenoxy) is 1. The van der Waals surface area contributed by atoms with Crippen LogP contribution in [0.25, 0.3) is 16.9 Å². The van der Waals surface area contributed by atoms with Gasteiger partial charge in [-0.05, 0) is 61.2 Å². The Bertz CT molecular complexity index is 1170. The molecule has 0 aliphatic carbocycles. The predicted molar refractivity (Wildman–Crippen MR) is 119 cm³/mol. The van der Waals surface area contributed by atoms with Crippen molar-refractivity contribution in [3.8, 4) is 22.8 Å². The predicted octanol–water partition coefficient (Wildman–Crippen LogP) is 5.58. The number of rotatable bonds is 6. The van der Waals surface area contributed by atoms with Crippen molar-refractivity contribution in [1.82, 2.24) is 9.38 Å². The normalized spacial score (nSPS) is 11.4. The lowest BCUT2D eigenvalue weighted by atomic mass is 10.1. The van der Waals surface area contributed by atoms with Gasteiger partial charge < -0.3 is 9.84 Å². The molecular weight excluding hydrogens is 382 g/mol. The molecule has 2 aromatic carbocycles. The van der Waals surface area contributed by atoms with Crippen molar-refractivity contribution in [1.29, 1.82) is 0 Å². The quantitative estimate of drug-likeness (QED) is 0.337. The van der Waals surface area contributed by atoms with E-state index in [0.29, 0.717) is 12.4 Å². The van der Waals surface area contributed by atoms with Gasteiger partial charge in [0.05, 0.1) is 6.61 Å². The third-order valence-electron chi connectivity index (χ3n) is 4.49. The van der Waals surface area contributed by atoms with Gasteiger partial charge in [-0.25, -0.2) is 9.98 Å². The average molecular weight is 404 g/mol. The molecule has 0 saturated heterocycles. The number of fused-ring (bicyclic) bond motifs is 1. The Hall–Kier alpha value is -3.25. The SMILES string of the molecule is CCOc1cc(-c2nc3ccccn3c2/N=C/c2ccc(SC)cc2)ccc1O. The van der Waals surface area contributed by atoms with Gasteiger partial charge in [0.15, 0.2) is 17.3 Å². The molecule has 5 nitrogen and oxygen atoms in total. The summed E-state index contributed by atoms with van der Waals surface area (Å²) in [5.74, 6) is 1.27. The minimum absolute atomic E-state index is 0.110. The average Bonchev–Trinajstić information content (AvgIpc) is 3.13. The van der Waals surface area contributed by atoms with E-state index < -0.39 is 0 Å². The molecule has 0 atom stereocenters. The van der Waals surface area contributed by atoms with Gasteiger partial charge in [-0.3, -0.25) is 4.40 Å². The fourth-order valence-corrected chi connectivity index (χ4v) is 3.47. The molecule has 29 heavy (non-hydrogen) atoms. The minimum atomic E-state index is 0.110. The van der Waals surface area contributed by atoms with E-state index in [0.717, 1.165) is 28.3 Å². The first-order valence-corrected chi connectivity index (χ1v) is 10.5. The van der Waals surface area contributed by atoms with Crippen LogP contribution < -0.4 is 4.74 Å². The summed E-state index contributed by atoms with van der Waals surface area (Å²) in [5, 5.41) is 10.0. The second-order valence-electron chi connectivity index (χ2n) is 6.36. The first kappa shape index (κ1) is 19.1. The van der Waals surface area contributed by atoms with Crippen LogP contribution in [0.15, 0.2) is 76.7 Å². The Labute approximate surface area is 173 Å². The van der Waals surface area contributed by atoms with E-state index in [4.69, 9.17) is 14.7 Å². The van der Waals surface area contributed by atoms with Crippen LogP contribution in [-0.4, -0.2) is 33.6 Å². The van der Waals surface area contributed by atoms with Crippen molar-refractivity contribution >= 4 is 29.4 Å². The number of nitrogens with zero attached hydrogens (tertiary/aromatic N) is 3. The summed E-state index contributed by atoms with van der Waals surface area (Å²) >= 11 is 1.71. The van der Waals surface area contributed by atoms with Crippen LogP contribution in [0, 0.1) is 0 Å². The molecule has 0 saturated carbocycles. The van der Waals surface area contributed by atoms with E-state index in [9.17, 15) is 5.11 Å². The largest absolute Gasteiger partial charge is 0.504 e. The summed E-state index contributed by atoms with van der Waals surface area (Å²) < 4.78 is 7.49. The molecule has 0 bridgehead atoms. The monoisotopic (exact) mass is 403 g/mol.